The van der Waals surface area contributed by atoms with Gasteiger partial charge in [-0.25, -0.2) is 8.78 Å². The molecule has 2 heterocycles. The van der Waals surface area contributed by atoms with E-state index in [1.165, 1.54) is 18.6 Å². The summed E-state index contributed by atoms with van der Waals surface area (Å²) in [6.07, 6.45) is 0.893. The number of morpholine rings is 1. The van der Waals surface area contributed by atoms with E-state index in [0.29, 0.717) is 31.6 Å². The highest BCUT2D eigenvalue weighted by molar-refractivity contribution is 5.34. The van der Waals surface area contributed by atoms with Crippen molar-refractivity contribution in [3.8, 4) is 0 Å². The molecule has 2 aliphatic heterocycles. The van der Waals surface area contributed by atoms with Gasteiger partial charge in [0, 0.05) is 18.6 Å². The molecular weight excluding hydrogens is 336 g/mol. The molecule has 2 saturated heterocycles. The van der Waals surface area contributed by atoms with E-state index in [1.807, 2.05) is 18.2 Å². The summed E-state index contributed by atoms with van der Waals surface area (Å²) >= 11 is 0. The van der Waals surface area contributed by atoms with Crippen molar-refractivity contribution in [2.75, 3.05) is 13.2 Å². The predicted octanol–water partition coefficient (Wildman–Crippen LogP) is 3.52. The highest BCUT2D eigenvalue weighted by Gasteiger charge is 2.47. The summed E-state index contributed by atoms with van der Waals surface area (Å²) < 4.78 is 33.3. The number of rotatable bonds is 3. The van der Waals surface area contributed by atoms with Gasteiger partial charge in [0.2, 0.25) is 0 Å². The van der Waals surface area contributed by atoms with Gasteiger partial charge in [0.25, 0.3) is 0 Å². The van der Waals surface area contributed by atoms with Gasteiger partial charge in [0.1, 0.15) is 0 Å². The van der Waals surface area contributed by atoms with Crippen LogP contribution in [0.5, 0.6) is 0 Å². The Bertz CT molecular complexity index is 782. The van der Waals surface area contributed by atoms with Gasteiger partial charge in [0.05, 0.1) is 18.8 Å². The van der Waals surface area contributed by atoms with Gasteiger partial charge in [-0.2, -0.15) is 0 Å². The van der Waals surface area contributed by atoms with E-state index in [2.05, 4.69) is 17.0 Å². The molecule has 2 fully saturated rings. The summed E-state index contributed by atoms with van der Waals surface area (Å²) in [5.74, 6) is -1.75. The SMILES string of the molecule is Cc1c(C2(O)CC3COCC(C2)N3Cc2ccccc2)ccc(F)c1F. The molecule has 138 valence electrons. The molecule has 4 rings (SSSR count). The lowest BCUT2D eigenvalue weighted by atomic mass is 9.75. The van der Waals surface area contributed by atoms with Crippen LogP contribution in [0.15, 0.2) is 42.5 Å². The lowest BCUT2D eigenvalue weighted by molar-refractivity contribution is -0.149. The lowest BCUT2D eigenvalue weighted by Gasteiger charge is -2.52. The maximum atomic E-state index is 14.0. The third kappa shape index (κ3) is 3.04. The number of hydrogen-bond donors (Lipinski definition) is 1. The highest BCUT2D eigenvalue weighted by atomic mass is 19.2. The first-order valence-corrected chi connectivity index (χ1v) is 9.03. The normalized spacial score (nSPS) is 28.9. The van der Waals surface area contributed by atoms with E-state index in [-0.39, 0.29) is 17.6 Å². The van der Waals surface area contributed by atoms with Crippen molar-refractivity contribution in [3.63, 3.8) is 0 Å². The Kier molecular flexibility index (Phi) is 4.55. The number of aliphatic hydroxyl groups is 1. The Balaban J connectivity index is 1.62. The fourth-order valence-corrected chi connectivity index (χ4v) is 4.47. The van der Waals surface area contributed by atoms with E-state index in [9.17, 15) is 13.9 Å². The summed E-state index contributed by atoms with van der Waals surface area (Å²) in [5, 5.41) is 11.4. The summed E-state index contributed by atoms with van der Waals surface area (Å²) in [5.41, 5.74) is 0.750. The molecule has 2 bridgehead atoms. The number of fused-ring (bicyclic) bond motifs is 2. The number of hydrogen-bond acceptors (Lipinski definition) is 3. The van der Waals surface area contributed by atoms with Gasteiger partial charge in [-0.15, -0.1) is 0 Å². The number of halogens is 2. The smallest absolute Gasteiger partial charge is 0.162 e. The largest absolute Gasteiger partial charge is 0.385 e. The van der Waals surface area contributed by atoms with E-state index in [0.717, 1.165) is 12.6 Å². The zero-order valence-corrected chi connectivity index (χ0v) is 14.8. The topological polar surface area (TPSA) is 32.7 Å². The van der Waals surface area contributed by atoms with Crippen molar-refractivity contribution >= 4 is 0 Å². The second-order valence-electron chi connectivity index (χ2n) is 7.48. The quantitative estimate of drug-likeness (QED) is 0.910. The van der Waals surface area contributed by atoms with Crippen LogP contribution in [0.3, 0.4) is 0 Å². The van der Waals surface area contributed by atoms with Gasteiger partial charge < -0.3 is 9.84 Å². The van der Waals surface area contributed by atoms with Crippen molar-refractivity contribution in [1.82, 2.24) is 4.90 Å². The highest BCUT2D eigenvalue weighted by Crippen LogP contribution is 2.43. The number of benzene rings is 2. The fraction of sp³-hybridized carbons (Fsp3) is 0.429. The van der Waals surface area contributed by atoms with Gasteiger partial charge in [-0.1, -0.05) is 36.4 Å². The van der Waals surface area contributed by atoms with Crippen LogP contribution >= 0.6 is 0 Å². The first-order valence-electron chi connectivity index (χ1n) is 9.03. The Hall–Kier alpha value is -1.82. The van der Waals surface area contributed by atoms with Crippen LogP contribution in [0.2, 0.25) is 0 Å². The van der Waals surface area contributed by atoms with E-state index < -0.39 is 17.2 Å². The zero-order valence-electron chi connectivity index (χ0n) is 14.8. The molecule has 1 N–H and O–H groups in total. The Morgan fingerprint density at radius 1 is 1.08 bits per heavy atom. The molecule has 3 nitrogen and oxygen atoms in total. The van der Waals surface area contributed by atoms with Gasteiger partial charge in [0.15, 0.2) is 11.6 Å². The molecular formula is C21H23F2NO2. The first-order chi connectivity index (χ1) is 12.5. The molecule has 2 unspecified atom stereocenters. The average molecular weight is 359 g/mol. The zero-order chi connectivity index (χ0) is 18.3. The number of nitrogens with zero attached hydrogens (tertiary/aromatic N) is 1. The first kappa shape index (κ1) is 17.6. The second kappa shape index (κ2) is 6.72. The monoisotopic (exact) mass is 359 g/mol. The van der Waals surface area contributed by atoms with Crippen LogP contribution in [0, 0.1) is 18.6 Å². The molecule has 0 radical (unpaired) electrons. The van der Waals surface area contributed by atoms with Crippen molar-refractivity contribution in [2.45, 2.75) is 44.0 Å². The molecule has 2 aliphatic rings. The molecule has 26 heavy (non-hydrogen) atoms. The lowest BCUT2D eigenvalue weighted by Crippen LogP contribution is -2.60. The van der Waals surface area contributed by atoms with Crippen LogP contribution < -0.4 is 0 Å². The Morgan fingerprint density at radius 2 is 1.73 bits per heavy atom. The van der Waals surface area contributed by atoms with Crippen molar-refractivity contribution in [1.29, 1.82) is 0 Å². The summed E-state index contributed by atoms with van der Waals surface area (Å²) in [6, 6.07) is 12.9. The van der Waals surface area contributed by atoms with Gasteiger partial charge in [-0.3, -0.25) is 4.90 Å². The third-order valence-electron chi connectivity index (χ3n) is 5.75. The molecule has 0 aromatic heterocycles. The molecule has 2 aromatic carbocycles. The summed E-state index contributed by atoms with van der Waals surface area (Å²) in [4.78, 5) is 2.38. The molecule has 2 atom stereocenters. The van der Waals surface area contributed by atoms with Crippen LogP contribution in [0.25, 0.3) is 0 Å². The molecule has 0 saturated carbocycles. The number of ether oxygens (including phenoxy) is 1. The average Bonchev–Trinajstić information content (AvgIpc) is 2.61. The minimum Gasteiger partial charge on any atom is -0.385 e. The summed E-state index contributed by atoms with van der Waals surface area (Å²) in [7, 11) is 0. The molecule has 2 aromatic rings. The minimum atomic E-state index is -1.16. The second-order valence-corrected chi connectivity index (χ2v) is 7.48. The molecule has 0 aliphatic carbocycles. The molecule has 5 heteroatoms. The van der Waals surface area contributed by atoms with E-state index >= 15 is 0 Å². The van der Waals surface area contributed by atoms with Crippen LogP contribution in [-0.2, 0) is 16.9 Å². The van der Waals surface area contributed by atoms with Crippen molar-refractivity contribution in [2.24, 2.45) is 0 Å². The minimum absolute atomic E-state index is 0.0419. The van der Waals surface area contributed by atoms with Crippen molar-refractivity contribution in [3.05, 3.63) is 70.8 Å². The molecule has 0 amide bonds. The Labute approximate surface area is 152 Å². The van der Waals surface area contributed by atoms with E-state index in [1.54, 1.807) is 0 Å². The van der Waals surface area contributed by atoms with Crippen LogP contribution in [0.1, 0.15) is 29.5 Å². The van der Waals surface area contributed by atoms with Gasteiger partial charge in [-0.05, 0) is 42.5 Å². The third-order valence-corrected chi connectivity index (χ3v) is 5.75. The maximum Gasteiger partial charge on any atom is 0.162 e. The Morgan fingerprint density at radius 3 is 2.38 bits per heavy atom. The fourth-order valence-electron chi connectivity index (χ4n) is 4.47. The summed E-state index contributed by atoms with van der Waals surface area (Å²) in [6.45, 7) is 3.41. The van der Waals surface area contributed by atoms with E-state index in [4.69, 9.17) is 4.74 Å². The van der Waals surface area contributed by atoms with Crippen LogP contribution in [0.4, 0.5) is 8.78 Å². The number of piperidine rings is 1. The predicted molar refractivity (Wildman–Crippen MR) is 94.6 cm³/mol. The van der Waals surface area contributed by atoms with Crippen molar-refractivity contribution < 1.29 is 18.6 Å². The van der Waals surface area contributed by atoms with Crippen LogP contribution in [-0.4, -0.2) is 35.3 Å². The standard InChI is InChI=1S/C21H23F2NO2/c1-14-18(7-8-19(22)20(14)23)21(25)9-16-12-26-13-17(10-21)24(16)11-15-5-3-2-4-6-15/h2-8,16-17,25H,9-13H2,1H3. The van der Waals surface area contributed by atoms with Gasteiger partial charge >= 0.3 is 0 Å². The maximum absolute atomic E-state index is 14.0. The molecule has 0 spiro atoms.